The molecule has 1 amide bonds. The Kier molecular flexibility index (Phi) is 6.79. The molecule has 4 heteroatoms. The number of para-hydroxylation sites is 1. The van der Waals surface area contributed by atoms with E-state index in [2.05, 4.69) is 17.4 Å². The summed E-state index contributed by atoms with van der Waals surface area (Å²) in [4.78, 5) is 12.7. The second-order valence-electron chi connectivity index (χ2n) is 6.81. The molecule has 0 heterocycles. The number of aryl methyl sites for hydroxylation is 1. The van der Waals surface area contributed by atoms with Gasteiger partial charge in [-0.05, 0) is 55.2 Å². The third kappa shape index (κ3) is 5.68. The fourth-order valence-corrected chi connectivity index (χ4v) is 2.92. The van der Waals surface area contributed by atoms with Crippen LogP contribution in [0.1, 0.15) is 34.8 Å². The molecule has 0 fully saturated rings. The van der Waals surface area contributed by atoms with Crippen molar-refractivity contribution >= 4 is 5.91 Å². The quantitative estimate of drug-likeness (QED) is 0.589. The predicted molar refractivity (Wildman–Crippen MR) is 109 cm³/mol. The number of ether oxygens (including phenoxy) is 1. The number of hydrogen-bond acceptors (Lipinski definition) is 2. The van der Waals surface area contributed by atoms with Gasteiger partial charge in [-0.25, -0.2) is 4.39 Å². The van der Waals surface area contributed by atoms with Gasteiger partial charge >= 0.3 is 0 Å². The first kappa shape index (κ1) is 19.6. The normalized spacial score (nSPS) is 11.6. The molecular formula is C24H24FNO2. The first-order valence-electron chi connectivity index (χ1n) is 9.43. The Hall–Kier alpha value is -3.14. The van der Waals surface area contributed by atoms with E-state index in [1.807, 2.05) is 37.3 Å². The smallest absolute Gasteiger partial charge is 0.255 e. The van der Waals surface area contributed by atoms with Crippen molar-refractivity contribution in [2.75, 3.05) is 0 Å². The van der Waals surface area contributed by atoms with Gasteiger partial charge in [-0.3, -0.25) is 4.79 Å². The Morgan fingerprint density at radius 1 is 0.929 bits per heavy atom. The van der Waals surface area contributed by atoms with Crippen molar-refractivity contribution in [2.24, 2.45) is 0 Å². The Bertz CT molecular complexity index is 894. The number of halogens is 1. The molecule has 3 rings (SSSR count). The van der Waals surface area contributed by atoms with Crippen molar-refractivity contribution in [3.8, 4) is 5.75 Å². The fourth-order valence-electron chi connectivity index (χ4n) is 2.92. The summed E-state index contributed by atoms with van der Waals surface area (Å²) in [6, 6.07) is 23.6. The fraction of sp³-hybridized carbons (Fsp3) is 0.208. The molecule has 1 N–H and O–H groups in total. The highest BCUT2D eigenvalue weighted by molar-refractivity contribution is 5.97. The molecule has 0 unspecified atom stereocenters. The Labute approximate surface area is 165 Å². The van der Waals surface area contributed by atoms with Gasteiger partial charge in [0.25, 0.3) is 5.91 Å². The SMILES string of the molecule is C[C@H](CCc1ccccc1)NC(=O)c1ccccc1OCc1ccc(F)cc1. The summed E-state index contributed by atoms with van der Waals surface area (Å²) in [5.41, 5.74) is 2.59. The second-order valence-corrected chi connectivity index (χ2v) is 6.81. The molecule has 0 aliphatic carbocycles. The third-order valence-electron chi connectivity index (χ3n) is 4.53. The Morgan fingerprint density at radius 2 is 1.61 bits per heavy atom. The van der Waals surface area contributed by atoms with Gasteiger partial charge in [0.2, 0.25) is 0 Å². The average Bonchev–Trinajstić information content (AvgIpc) is 2.73. The summed E-state index contributed by atoms with van der Waals surface area (Å²) in [5, 5.41) is 3.04. The maximum Gasteiger partial charge on any atom is 0.255 e. The molecule has 0 saturated carbocycles. The van der Waals surface area contributed by atoms with Gasteiger partial charge in [-0.15, -0.1) is 0 Å². The zero-order valence-electron chi connectivity index (χ0n) is 15.9. The van der Waals surface area contributed by atoms with Gasteiger partial charge in [0.1, 0.15) is 18.2 Å². The summed E-state index contributed by atoms with van der Waals surface area (Å²) in [7, 11) is 0. The van der Waals surface area contributed by atoms with Crippen LogP contribution in [0.2, 0.25) is 0 Å². The highest BCUT2D eigenvalue weighted by Gasteiger charge is 2.14. The van der Waals surface area contributed by atoms with E-state index in [4.69, 9.17) is 4.74 Å². The first-order valence-corrected chi connectivity index (χ1v) is 9.43. The van der Waals surface area contributed by atoms with Crippen molar-refractivity contribution in [3.63, 3.8) is 0 Å². The lowest BCUT2D eigenvalue weighted by molar-refractivity contribution is 0.0934. The number of carbonyl (C=O) groups is 1. The summed E-state index contributed by atoms with van der Waals surface area (Å²) >= 11 is 0. The molecule has 0 bridgehead atoms. The monoisotopic (exact) mass is 377 g/mol. The van der Waals surface area contributed by atoms with E-state index in [1.165, 1.54) is 17.7 Å². The van der Waals surface area contributed by atoms with Gasteiger partial charge in [-0.1, -0.05) is 54.6 Å². The summed E-state index contributed by atoms with van der Waals surface area (Å²) in [6.45, 7) is 2.27. The minimum atomic E-state index is -0.284. The molecule has 28 heavy (non-hydrogen) atoms. The van der Waals surface area contributed by atoms with Crippen molar-refractivity contribution in [1.82, 2.24) is 5.32 Å². The zero-order valence-corrected chi connectivity index (χ0v) is 15.9. The van der Waals surface area contributed by atoms with Crippen LogP contribution in [-0.4, -0.2) is 11.9 Å². The van der Waals surface area contributed by atoms with Gasteiger partial charge in [-0.2, -0.15) is 0 Å². The van der Waals surface area contributed by atoms with E-state index in [1.54, 1.807) is 24.3 Å². The van der Waals surface area contributed by atoms with Crippen LogP contribution in [0.4, 0.5) is 4.39 Å². The molecule has 0 aliphatic rings. The van der Waals surface area contributed by atoms with Crippen molar-refractivity contribution < 1.29 is 13.9 Å². The van der Waals surface area contributed by atoms with E-state index < -0.39 is 0 Å². The molecule has 0 radical (unpaired) electrons. The number of rotatable bonds is 8. The maximum atomic E-state index is 13.0. The van der Waals surface area contributed by atoms with Gasteiger partial charge < -0.3 is 10.1 Å². The standard InChI is InChI=1S/C24H24FNO2/c1-18(11-12-19-7-3-2-4-8-19)26-24(27)22-9-5-6-10-23(22)28-17-20-13-15-21(25)16-14-20/h2-10,13-16,18H,11-12,17H2,1H3,(H,26,27)/t18-/m1/s1. The molecule has 3 aromatic rings. The van der Waals surface area contributed by atoms with Crippen molar-refractivity contribution in [2.45, 2.75) is 32.4 Å². The lowest BCUT2D eigenvalue weighted by Crippen LogP contribution is -2.33. The van der Waals surface area contributed by atoms with Gasteiger partial charge in [0.05, 0.1) is 5.56 Å². The van der Waals surface area contributed by atoms with Crippen LogP contribution < -0.4 is 10.1 Å². The minimum Gasteiger partial charge on any atom is -0.488 e. The Morgan fingerprint density at radius 3 is 2.36 bits per heavy atom. The van der Waals surface area contributed by atoms with Crippen LogP contribution in [0.3, 0.4) is 0 Å². The summed E-state index contributed by atoms with van der Waals surface area (Å²) in [6.07, 6.45) is 1.76. The van der Waals surface area contributed by atoms with Gasteiger partial charge in [0.15, 0.2) is 0 Å². The number of benzene rings is 3. The van der Waals surface area contributed by atoms with E-state index >= 15 is 0 Å². The number of amides is 1. The third-order valence-corrected chi connectivity index (χ3v) is 4.53. The number of nitrogens with one attached hydrogen (secondary N) is 1. The zero-order chi connectivity index (χ0) is 19.8. The average molecular weight is 377 g/mol. The molecule has 1 atom stereocenters. The second kappa shape index (κ2) is 9.70. The molecule has 3 aromatic carbocycles. The van der Waals surface area contributed by atoms with Gasteiger partial charge in [0, 0.05) is 6.04 Å². The van der Waals surface area contributed by atoms with E-state index in [9.17, 15) is 9.18 Å². The number of hydrogen-bond donors (Lipinski definition) is 1. The lowest BCUT2D eigenvalue weighted by Gasteiger charge is -2.16. The summed E-state index contributed by atoms with van der Waals surface area (Å²) < 4.78 is 18.8. The van der Waals surface area contributed by atoms with Crippen molar-refractivity contribution in [3.05, 3.63) is 101 Å². The first-order chi connectivity index (χ1) is 13.6. The minimum absolute atomic E-state index is 0.0397. The number of carbonyl (C=O) groups excluding carboxylic acids is 1. The molecule has 0 saturated heterocycles. The van der Waals surface area contributed by atoms with Crippen LogP contribution in [0.5, 0.6) is 5.75 Å². The molecule has 0 aromatic heterocycles. The Balaban J connectivity index is 1.57. The van der Waals surface area contributed by atoms with Crippen molar-refractivity contribution in [1.29, 1.82) is 0 Å². The van der Waals surface area contributed by atoms with Crippen LogP contribution in [0, 0.1) is 5.82 Å². The van der Waals surface area contributed by atoms with E-state index in [-0.39, 0.29) is 24.4 Å². The summed E-state index contributed by atoms with van der Waals surface area (Å²) in [5.74, 6) is 0.0721. The molecule has 0 aliphatic heterocycles. The topological polar surface area (TPSA) is 38.3 Å². The molecule has 3 nitrogen and oxygen atoms in total. The van der Waals surface area contributed by atoms with Crippen LogP contribution in [0.25, 0.3) is 0 Å². The predicted octanol–water partition coefficient (Wildman–Crippen LogP) is 5.16. The molecule has 0 spiro atoms. The maximum absolute atomic E-state index is 13.0. The van der Waals surface area contributed by atoms with Crippen LogP contribution in [-0.2, 0) is 13.0 Å². The largest absolute Gasteiger partial charge is 0.488 e. The molecule has 144 valence electrons. The van der Waals surface area contributed by atoms with E-state index in [0.717, 1.165) is 18.4 Å². The van der Waals surface area contributed by atoms with Crippen LogP contribution >= 0.6 is 0 Å². The van der Waals surface area contributed by atoms with Crippen LogP contribution in [0.15, 0.2) is 78.9 Å². The lowest BCUT2D eigenvalue weighted by atomic mass is 10.1. The highest BCUT2D eigenvalue weighted by Crippen LogP contribution is 2.20. The van der Waals surface area contributed by atoms with E-state index in [0.29, 0.717) is 11.3 Å². The molecular weight excluding hydrogens is 353 g/mol. The highest BCUT2D eigenvalue weighted by atomic mass is 19.1.